The third-order valence-electron chi connectivity index (χ3n) is 1.96. The van der Waals surface area contributed by atoms with Gasteiger partial charge in [-0.05, 0) is 17.9 Å². The van der Waals surface area contributed by atoms with Gasteiger partial charge < -0.3 is 15.2 Å². The van der Waals surface area contributed by atoms with Gasteiger partial charge >= 0.3 is 0 Å². The van der Waals surface area contributed by atoms with Crippen molar-refractivity contribution in [2.75, 3.05) is 20.3 Å². The molecule has 0 aliphatic carbocycles. The monoisotopic (exact) mass is 229 g/mol. The minimum absolute atomic E-state index is 0.149. The quantitative estimate of drug-likeness (QED) is 0.785. The lowest BCUT2D eigenvalue weighted by atomic mass is 10.2. The number of methoxy groups -OCH3 is 1. The molecule has 15 heavy (non-hydrogen) atoms. The third kappa shape index (κ3) is 3.62. The zero-order chi connectivity index (χ0) is 11.3. The van der Waals surface area contributed by atoms with Crippen LogP contribution >= 0.6 is 11.3 Å². The van der Waals surface area contributed by atoms with Gasteiger partial charge in [-0.15, -0.1) is 0 Å². The highest BCUT2D eigenvalue weighted by Crippen LogP contribution is 2.12. The molecule has 0 saturated heterocycles. The lowest BCUT2D eigenvalue weighted by Gasteiger charge is -2.10. The Labute approximate surface area is 92.9 Å². The van der Waals surface area contributed by atoms with Gasteiger partial charge in [0.05, 0.1) is 18.3 Å². The maximum absolute atomic E-state index is 11.6. The molecule has 1 aromatic heterocycles. The summed E-state index contributed by atoms with van der Waals surface area (Å²) in [4.78, 5) is 11.6. The lowest BCUT2D eigenvalue weighted by molar-refractivity contribution is 0.0610. The summed E-state index contributed by atoms with van der Waals surface area (Å²) in [5.74, 6) is -0.149. The molecule has 84 valence electrons. The number of amides is 1. The summed E-state index contributed by atoms with van der Waals surface area (Å²) in [7, 11) is 1.51. The van der Waals surface area contributed by atoms with Gasteiger partial charge in [0.2, 0.25) is 0 Å². The van der Waals surface area contributed by atoms with Gasteiger partial charge in [0.15, 0.2) is 0 Å². The average molecular weight is 229 g/mol. The molecule has 0 spiro atoms. The summed E-state index contributed by atoms with van der Waals surface area (Å²) in [6.45, 7) is 2.32. The van der Waals surface area contributed by atoms with Crippen molar-refractivity contribution >= 4 is 17.2 Å². The fourth-order valence-corrected chi connectivity index (χ4v) is 1.98. The van der Waals surface area contributed by atoms with Gasteiger partial charge in [0, 0.05) is 19.0 Å². The van der Waals surface area contributed by atoms with E-state index in [-0.39, 0.29) is 19.1 Å². The predicted octanol–water partition coefficient (Wildman–Crippen LogP) is 0.794. The number of hydrogen-bond donors (Lipinski definition) is 2. The Bertz CT molecular complexity index is 324. The first-order valence-electron chi connectivity index (χ1n) is 4.63. The summed E-state index contributed by atoms with van der Waals surface area (Å²) in [5, 5.41) is 15.7. The smallest absolute Gasteiger partial charge is 0.252 e. The van der Waals surface area contributed by atoms with Crippen LogP contribution in [0, 0.1) is 6.92 Å². The van der Waals surface area contributed by atoms with Crippen LogP contribution in [0.25, 0.3) is 0 Å². The fraction of sp³-hybridized carbons (Fsp3) is 0.500. The summed E-state index contributed by atoms with van der Waals surface area (Å²) >= 11 is 1.49. The molecule has 0 bridgehead atoms. The Hall–Kier alpha value is -0.910. The molecule has 1 heterocycles. The number of aliphatic hydroxyl groups excluding tert-OH is 1. The van der Waals surface area contributed by atoms with Crippen molar-refractivity contribution in [1.82, 2.24) is 5.32 Å². The van der Waals surface area contributed by atoms with Crippen LogP contribution < -0.4 is 5.32 Å². The van der Waals surface area contributed by atoms with Crippen LogP contribution in [0.2, 0.25) is 0 Å². The van der Waals surface area contributed by atoms with E-state index in [1.807, 2.05) is 12.3 Å². The molecular weight excluding hydrogens is 214 g/mol. The second-order valence-electron chi connectivity index (χ2n) is 3.29. The molecule has 0 saturated carbocycles. The van der Waals surface area contributed by atoms with Crippen LogP contribution in [0.15, 0.2) is 10.8 Å². The van der Waals surface area contributed by atoms with E-state index in [0.29, 0.717) is 5.56 Å². The molecule has 1 rings (SSSR count). The van der Waals surface area contributed by atoms with Crippen LogP contribution in [0.4, 0.5) is 0 Å². The minimum atomic E-state index is -0.655. The van der Waals surface area contributed by atoms with E-state index in [1.165, 1.54) is 18.4 Å². The van der Waals surface area contributed by atoms with E-state index in [4.69, 9.17) is 4.74 Å². The van der Waals surface area contributed by atoms with Crippen molar-refractivity contribution in [2.45, 2.75) is 13.0 Å². The van der Waals surface area contributed by atoms with Crippen molar-refractivity contribution in [2.24, 2.45) is 0 Å². The van der Waals surface area contributed by atoms with E-state index in [1.54, 1.807) is 5.38 Å². The summed E-state index contributed by atoms with van der Waals surface area (Å²) in [6.07, 6.45) is -0.655. The molecule has 1 unspecified atom stereocenters. The molecule has 4 nitrogen and oxygen atoms in total. The van der Waals surface area contributed by atoms with Gasteiger partial charge in [-0.1, -0.05) is 0 Å². The van der Waals surface area contributed by atoms with Crippen molar-refractivity contribution < 1.29 is 14.6 Å². The topological polar surface area (TPSA) is 58.6 Å². The Morgan fingerprint density at radius 1 is 1.67 bits per heavy atom. The Kier molecular flexibility index (Phi) is 4.74. The zero-order valence-corrected chi connectivity index (χ0v) is 9.63. The van der Waals surface area contributed by atoms with Crippen LogP contribution in [0.3, 0.4) is 0 Å². The highest BCUT2D eigenvalue weighted by atomic mass is 32.1. The zero-order valence-electron chi connectivity index (χ0n) is 8.82. The largest absolute Gasteiger partial charge is 0.389 e. The molecule has 2 N–H and O–H groups in total. The van der Waals surface area contributed by atoms with Crippen LogP contribution in [-0.2, 0) is 4.74 Å². The number of thiophene rings is 1. The first-order chi connectivity index (χ1) is 7.15. The summed E-state index contributed by atoms with van der Waals surface area (Å²) in [6, 6.07) is 0. The predicted molar refractivity (Wildman–Crippen MR) is 59.3 cm³/mol. The second-order valence-corrected chi connectivity index (χ2v) is 4.03. The van der Waals surface area contributed by atoms with Gasteiger partial charge in [0.1, 0.15) is 0 Å². The number of hydrogen-bond acceptors (Lipinski definition) is 4. The molecule has 1 amide bonds. The van der Waals surface area contributed by atoms with E-state index >= 15 is 0 Å². The van der Waals surface area contributed by atoms with Gasteiger partial charge in [0.25, 0.3) is 5.91 Å². The number of carbonyl (C=O) groups is 1. The number of carbonyl (C=O) groups excluding carboxylic acids is 1. The Balaban J connectivity index is 2.40. The highest BCUT2D eigenvalue weighted by molar-refractivity contribution is 7.08. The standard InChI is InChI=1S/C10H15NO3S/c1-7-5-15-6-9(7)10(13)11-3-8(12)4-14-2/h5-6,8,12H,3-4H2,1-2H3,(H,11,13). The van der Waals surface area contributed by atoms with Crippen molar-refractivity contribution in [3.05, 3.63) is 21.9 Å². The molecule has 1 aromatic rings. The Morgan fingerprint density at radius 3 is 2.93 bits per heavy atom. The molecule has 0 aliphatic rings. The van der Waals surface area contributed by atoms with Crippen LogP contribution in [-0.4, -0.2) is 37.4 Å². The molecule has 1 atom stereocenters. The van der Waals surface area contributed by atoms with E-state index in [0.717, 1.165) is 5.56 Å². The molecule has 5 heteroatoms. The van der Waals surface area contributed by atoms with Crippen molar-refractivity contribution in [3.63, 3.8) is 0 Å². The number of rotatable bonds is 5. The van der Waals surface area contributed by atoms with Crippen LogP contribution in [0.5, 0.6) is 0 Å². The van der Waals surface area contributed by atoms with Crippen molar-refractivity contribution in [3.8, 4) is 0 Å². The number of ether oxygens (including phenoxy) is 1. The number of aliphatic hydroxyl groups is 1. The summed E-state index contributed by atoms with van der Waals surface area (Å²) in [5.41, 5.74) is 1.63. The highest BCUT2D eigenvalue weighted by Gasteiger charge is 2.11. The van der Waals surface area contributed by atoms with E-state index in [2.05, 4.69) is 5.32 Å². The summed E-state index contributed by atoms with van der Waals surface area (Å²) < 4.78 is 4.75. The lowest BCUT2D eigenvalue weighted by Crippen LogP contribution is -2.34. The number of aryl methyl sites for hydroxylation is 1. The molecule has 0 radical (unpaired) electrons. The average Bonchev–Trinajstić information content (AvgIpc) is 2.61. The molecule has 0 aliphatic heterocycles. The first-order valence-corrected chi connectivity index (χ1v) is 5.57. The Morgan fingerprint density at radius 2 is 2.40 bits per heavy atom. The van der Waals surface area contributed by atoms with Gasteiger partial charge in [-0.3, -0.25) is 4.79 Å². The van der Waals surface area contributed by atoms with E-state index < -0.39 is 6.10 Å². The second kappa shape index (κ2) is 5.85. The third-order valence-corrected chi connectivity index (χ3v) is 2.82. The SMILES string of the molecule is COCC(O)CNC(=O)c1cscc1C. The maximum Gasteiger partial charge on any atom is 0.252 e. The first kappa shape index (κ1) is 12.2. The van der Waals surface area contributed by atoms with Crippen LogP contribution in [0.1, 0.15) is 15.9 Å². The molecule has 0 aromatic carbocycles. The molecule has 0 fully saturated rings. The van der Waals surface area contributed by atoms with Gasteiger partial charge in [-0.25, -0.2) is 0 Å². The van der Waals surface area contributed by atoms with Crippen molar-refractivity contribution in [1.29, 1.82) is 0 Å². The molecular formula is C10H15NO3S. The minimum Gasteiger partial charge on any atom is -0.389 e. The number of nitrogens with one attached hydrogen (secondary N) is 1. The fourth-order valence-electron chi connectivity index (χ4n) is 1.15. The van der Waals surface area contributed by atoms with Gasteiger partial charge in [-0.2, -0.15) is 11.3 Å². The maximum atomic E-state index is 11.6. The van der Waals surface area contributed by atoms with E-state index in [9.17, 15) is 9.90 Å². The normalized spacial score (nSPS) is 12.5.